The van der Waals surface area contributed by atoms with E-state index in [9.17, 15) is 16.8 Å². The minimum Gasteiger partial charge on any atom is -0.379 e. The van der Waals surface area contributed by atoms with Crippen molar-refractivity contribution in [2.75, 3.05) is 70.7 Å². The number of nitrogens with two attached hydrogens (primary N) is 1. The summed E-state index contributed by atoms with van der Waals surface area (Å²) < 4.78 is 74.5. The molecule has 0 saturated carbocycles. The SMILES string of the molecule is C[SiH](C)CCC[N+](CCCS(=O)(=O)O)(CCCS(=O)(=O)O)CCOCCOCCCN. The molecule has 13 heteroatoms. The highest BCUT2D eigenvalue weighted by Gasteiger charge is 2.28. The molecule has 0 aromatic heterocycles. The Morgan fingerprint density at radius 1 is 0.742 bits per heavy atom. The Kier molecular flexibility index (Phi) is 16.4. The molecule has 0 spiro atoms. The molecule has 0 amide bonds. The third-order valence-corrected chi connectivity index (χ3v) is 8.23. The Morgan fingerprint density at radius 3 is 1.68 bits per heavy atom. The van der Waals surface area contributed by atoms with Gasteiger partial charge in [-0.25, -0.2) is 0 Å². The predicted molar refractivity (Wildman–Crippen MR) is 125 cm³/mol. The van der Waals surface area contributed by atoms with Crippen LogP contribution in [0.15, 0.2) is 0 Å². The van der Waals surface area contributed by atoms with E-state index in [4.69, 9.17) is 24.3 Å². The van der Waals surface area contributed by atoms with Crippen molar-refractivity contribution < 1.29 is 39.9 Å². The Bertz CT molecular complexity index is 621. The summed E-state index contributed by atoms with van der Waals surface area (Å²) >= 11 is 0. The van der Waals surface area contributed by atoms with Gasteiger partial charge in [-0.2, -0.15) is 16.8 Å². The fraction of sp³-hybridized carbons (Fsp3) is 1.00. The molecular formula is C18H43N2O8S2Si+. The topological polar surface area (TPSA) is 153 Å². The van der Waals surface area contributed by atoms with Crippen molar-refractivity contribution in [3.63, 3.8) is 0 Å². The van der Waals surface area contributed by atoms with Crippen molar-refractivity contribution in [3.8, 4) is 0 Å². The second-order valence-corrected chi connectivity index (χ2v) is 14.9. The van der Waals surface area contributed by atoms with Crippen molar-refractivity contribution in [3.05, 3.63) is 0 Å². The Hall–Kier alpha value is -0.123. The summed E-state index contributed by atoms with van der Waals surface area (Å²) in [6.45, 7) is 9.36. The Labute approximate surface area is 190 Å². The minimum absolute atomic E-state index is 0.270. The van der Waals surface area contributed by atoms with Crippen LogP contribution >= 0.6 is 0 Å². The first kappa shape index (κ1) is 30.9. The molecule has 0 atom stereocenters. The molecule has 0 bridgehead atoms. The highest BCUT2D eigenvalue weighted by atomic mass is 32.2. The molecule has 4 N–H and O–H groups in total. The maximum absolute atomic E-state index is 11.2. The van der Waals surface area contributed by atoms with Gasteiger partial charge in [0.15, 0.2) is 0 Å². The zero-order valence-electron chi connectivity index (χ0n) is 19.1. The van der Waals surface area contributed by atoms with E-state index in [0.717, 1.165) is 25.4 Å². The summed E-state index contributed by atoms with van der Waals surface area (Å²) in [4.78, 5) is 0. The normalized spacial score (nSPS) is 13.2. The van der Waals surface area contributed by atoms with Crippen LogP contribution in [-0.4, -0.2) is 110 Å². The molecule has 0 aliphatic rings. The standard InChI is InChI=1S/C18H42N2O8S2Si/c1-31(2)18-6-10-20(8-4-16-29(21,22)23,9-5-17-30(24,25)26)11-13-28-15-14-27-12-3-7-19/h31H,3-19H2,1-2H3,(H-,21,22,23,24,25,26)/p+1. The summed E-state index contributed by atoms with van der Waals surface area (Å²) in [7, 11) is -8.88. The average Bonchev–Trinajstić information content (AvgIpc) is 2.61. The molecule has 0 radical (unpaired) electrons. The van der Waals surface area contributed by atoms with Gasteiger partial charge in [0.05, 0.1) is 51.0 Å². The van der Waals surface area contributed by atoms with E-state index in [1.54, 1.807) is 0 Å². The maximum Gasteiger partial charge on any atom is 0.265 e. The number of ether oxygens (including phenoxy) is 2. The molecular weight excluding hydrogens is 464 g/mol. The highest BCUT2D eigenvalue weighted by molar-refractivity contribution is 7.86. The van der Waals surface area contributed by atoms with Gasteiger partial charge in [0.25, 0.3) is 20.2 Å². The van der Waals surface area contributed by atoms with Crippen LogP contribution in [-0.2, 0) is 29.7 Å². The third-order valence-electron chi connectivity index (χ3n) is 5.06. The van der Waals surface area contributed by atoms with Gasteiger partial charge < -0.3 is 19.7 Å². The lowest BCUT2D eigenvalue weighted by Gasteiger charge is -2.39. The first-order valence-electron chi connectivity index (χ1n) is 11.0. The van der Waals surface area contributed by atoms with Crippen LogP contribution in [0.1, 0.15) is 25.7 Å². The van der Waals surface area contributed by atoms with Gasteiger partial charge in [0.2, 0.25) is 0 Å². The minimum atomic E-state index is -4.06. The van der Waals surface area contributed by atoms with Gasteiger partial charge in [-0.3, -0.25) is 9.11 Å². The average molecular weight is 508 g/mol. The fourth-order valence-electron chi connectivity index (χ4n) is 3.44. The van der Waals surface area contributed by atoms with E-state index < -0.39 is 29.0 Å². The molecule has 0 aromatic rings. The van der Waals surface area contributed by atoms with Crippen molar-refractivity contribution in [1.82, 2.24) is 0 Å². The quantitative estimate of drug-likeness (QED) is 0.0878. The van der Waals surface area contributed by atoms with Crippen LogP contribution in [0.4, 0.5) is 0 Å². The monoisotopic (exact) mass is 507 g/mol. The highest BCUT2D eigenvalue weighted by Crippen LogP contribution is 2.15. The Morgan fingerprint density at radius 2 is 1.23 bits per heavy atom. The van der Waals surface area contributed by atoms with Gasteiger partial charge >= 0.3 is 0 Å². The van der Waals surface area contributed by atoms with Crippen molar-refractivity contribution in [1.29, 1.82) is 0 Å². The molecule has 0 heterocycles. The number of hydrogen-bond donors (Lipinski definition) is 3. The molecule has 31 heavy (non-hydrogen) atoms. The summed E-state index contributed by atoms with van der Waals surface area (Å²) in [5.41, 5.74) is 5.41. The maximum atomic E-state index is 11.2. The van der Waals surface area contributed by atoms with Crippen LogP contribution in [0.25, 0.3) is 0 Å². The zero-order chi connectivity index (χ0) is 23.8. The van der Waals surface area contributed by atoms with E-state index in [2.05, 4.69) is 13.1 Å². The number of rotatable bonds is 21. The lowest BCUT2D eigenvalue weighted by atomic mass is 10.2. The van der Waals surface area contributed by atoms with E-state index >= 15 is 0 Å². The molecule has 0 fully saturated rings. The number of quaternary nitrogens is 1. The molecule has 188 valence electrons. The van der Waals surface area contributed by atoms with Crippen molar-refractivity contribution in [2.45, 2.75) is 44.8 Å². The molecule has 0 rings (SSSR count). The van der Waals surface area contributed by atoms with Crippen LogP contribution in [0.3, 0.4) is 0 Å². The zero-order valence-corrected chi connectivity index (χ0v) is 21.9. The smallest absolute Gasteiger partial charge is 0.265 e. The molecule has 0 unspecified atom stereocenters. The first-order valence-corrected chi connectivity index (χ1v) is 17.3. The molecule has 0 aromatic carbocycles. The van der Waals surface area contributed by atoms with E-state index in [-0.39, 0.29) is 24.3 Å². The van der Waals surface area contributed by atoms with Gasteiger partial charge in [-0.05, 0) is 19.4 Å². The number of hydrogen-bond acceptors (Lipinski definition) is 7. The summed E-state index contributed by atoms with van der Waals surface area (Å²) in [6, 6.07) is 1.13. The summed E-state index contributed by atoms with van der Waals surface area (Å²) in [5.74, 6) is -0.667. The second kappa shape index (κ2) is 16.5. The van der Waals surface area contributed by atoms with Crippen LogP contribution in [0.5, 0.6) is 0 Å². The summed E-state index contributed by atoms with van der Waals surface area (Å²) in [6.07, 6.45) is 2.29. The van der Waals surface area contributed by atoms with Crippen molar-refractivity contribution in [2.24, 2.45) is 5.73 Å². The molecule has 10 nitrogen and oxygen atoms in total. The predicted octanol–water partition coefficient (Wildman–Crippen LogP) is 0.618. The molecule has 0 aliphatic heterocycles. The fourth-order valence-corrected chi connectivity index (χ4v) is 5.42. The summed E-state index contributed by atoms with van der Waals surface area (Å²) in [5, 5.41) is 0. The van der Waals surface area contributed by atoms with Crippen molar-refractivity contribution >= 4 is 29.0 Å². The van der Waals surface area contributed by atoms with Gasteiger partial charge in [-0.1, -0.05) is 19.1 Å². The van der Waals surface area contributed by atoms with Gasteiger partial charge in [0.1, 0.15) is 6.54 Å². The van der Waals surface area contributed by atoms with Crippen LogP contribution in [0, 0.1) is 0 Å². The second-order valence-electron chi connectivity index (χ2n) is 8.42. The van der Waals surface area contributed by atoms with E-state index in [1.807, 2.05) is 0 Å². The lowest BCUT2D eigenvalue weighted by molar-refractivity contribution is -0.928. The molecule has 0 saturated heterocycles. The van der Waals surface area contributed by atoms with E-state index in [0.29, 0.717) is 57.1 Å². The van der Waals surface area contributed by atoms with Crippen LogP contribution < -0.4 is 5.73 Å². The van der Waals surface area contributed by atoms with Gasteiger partial charge in [0, 0.05) is 28.2 Å². The number of nitrogens with zero attached hydrogens (tertiary/aromatic N) is 1. The van der Waals surface area contributed by atoms with E-state index in [1.165, 1.54) is 0 Å². The lowest BCUT2D eigenvalue weighted by Crippen LogP contribution is -2.53. The Balaban J connectivity index is 4.96. The largest absolute Gasteiger partial charge is 0.379 e. The van der Waals surface area contributed by atoms with Crippen LogP contribution in [0.2, 0.25) is 19.1 Å². The molecule has 0 aliphatic carbocycles. The third kappa shape index (κ3) is 20.2. The van der Waals surface area contributed by atoms with Gasteiger partial charge in [-0.15, -0.1) is 0 Å². The first-order chi connectivity index (χ1) is 14.4.